The highest BCUT2D eigenvalue weighted by molar-refractivity contribution is 6.09. The zero-order chi connectivity index (χ0) is 29.6. The topological polar surface area (TPSA) is 75.8 Å². The highest BCUT2D eigenvalue weighted by Crippen LogP contribution is 2.58. The summed E-state index contributed by atoms with van der Waals surface area (Å²) in [5.41, 5.74) is 21.4. The summed E-state index contributed by atoms with van der Waals surface area (Å²) in [6.45, 7) is 0. The Hall–Kier alpha value is -5.59. The average Bonchev–Trinajstić information content (AvgIpc) is 3.37. The number of nitrogens with zero attached hydrogens (tertiary/aromatic N) is 1. The van der Waals surface area contributed by atoms with Crippen LogP contribution in [0.2, 0.25) is 0 Å². The largest absolute Gasteiger partial charge is 0.405 e. The molecule has 0 amide bonds. The van der Waals surface area contributed by atoms with Crippen molar-refractivity contribution >= 4 is 16.3 Å². The first-order valence-electron chi connectivity index (χ1n) is 14.6. The fourth-order valence-electron chi connectivity index (χ4n) is 6.57. The third-order valence-electron chi connectivity index (χ3n) is 8.35. The molecule has 6 rings (SSSR count). The summed E-state index contributed by atoms with van der Waals surface area (Å²) in [7, 11) is 0. The molecule has 5 aromatic rings. The van der Waals surface area contributed by atoms with E-state index < -0.39 is 5.41 Å². The predicted octanol–water partition coefficient (Wildman–Crippen LogP) is 8.76. The highest BCUT2D eigenvalue weighted by atomic mass is 14.5. The van der Waals surface area contributed by atoms with E-state index >= 15 is 0 Å². The van der Waals surface area contributed by atoms with Crippen LogP contribution >= 0.6 is 0 Å². The molecule has 0 heterocycles. The number of nitriles is 1. The summed E-state index contributed by atoms with van der Waals surface area (Å²) >= 11 is 0. The van der Waals surface area contributed by atoms with Crippen molar-refractivity contribution in [2.75, 3.05) is 0 Å². The van der Waals surface area contributed by atoms with Gasteiger partial charge in [0.25, 0.3) is 0 Å². The van der Waals surface area contributed by atoms with E-state index in [2.05, 4.69) is 133 Å². The molecule has 1 aliphatic carbocycles. The monoisotopic (exact) mass is 555 g/mol. The summed E-state index contributed by atoms with van der Waals surface area (Å²) in [5.74, 6) is 0. The van der Waals surface area contributed by atoms with Crippen molar-refractivity contribution in [3.63, 3.8) is 0 Å². The summed E-state index contributed by atoms with van der Waals surface area (Å²) in [4.78, 5) is 0. The number of benzene rings is 5. The molecule has 0 radical (unpaired) electrons. The molecule has 0 bridgehead atoms. The van der Waals surface area contributed by atoms with Crippen LogP contribution in [-0.2, 0) is 5.41 Å². The van der Waals surface area contributed by atoms with Crippen LogP contribution in [0.3, 0.4) is 0 Å². The van der Waals surface area contributed by atoms with Gasteiger partial charge in [-0.25, -0.2) is 0 Å². The smallest absolute Gasteiger partial charge is 0.0988 e. The molecule has 0 fully saturated rings. The van der Waals surface area contributed by atoms with Gasteiger partial charge in [-0.15, -0.1) is 0 Å². The standard InChI is InChI=1S/C40H33N3/c41-25-24-29(27-42)14-4-1-5-15-30(28-43)36-26-38-39(34-21-11-10-20-33(34)36)35-22-12-13-23-37(35)40(38,31-16-6-2-7-17-31)32-18-8-3-9-19-32/h2-3,5-26,28H,1,4,41,43H2/b15-5-,25-24-,29-14+,30-28+. The summed E-state index contributed by atoms with van der Waals surface area (Å²) in [6, 6.07) is 43.7. The minimum atomic E-state index is -0.494. The maximum atomic E-state index is 9.27. The number of hydrogen-bond acceptors (Lipinski definition) is 3. The summed E-state index contributed by atoms with van der Waals surface area (Å²) in [6.07, 6.45) is 12.3. The Labute approximate surface area is 253 Å². The third-order valence-corrected chi connectivity index (χ3v) is 8.35. The van der Waals surface area contributed by atoms with Crippen molar-refractivity contribution in [2.24, 2.45) is 11.5 Å². The van der Waals surface area contributed by atoms with Crippen LogP contribution in [-0.4, -0.2) is 0 Å². The summed E-state index contributed by atoms with van der Waals surface area (Å²) in [5, 5.41) is 11.6. The lowest BCUT2D eigenvalue weighted by Crippen LogP contribution is -2.28. The Morgan fingerprint density at radius 2 is 1.33 bits per heavy atom. The van der Waals surface area contributed by atoms with Gasteiger partial charge < -0.3 is 11.5 Å². The van der Waals surface area contributed by atoms with Crippen molar-refractivity contribution < 1.29 is 0 Å². The van der Waals surface area contributed by atoms with Gasteiger partial charge in [-0.2, -0.15) is 5.26 Å². The Bertz CT molecular complexity index is 1900. The maximum Gasteiger partial charge on any atom is 0.0988 e. The number of rotatable bonds is 8. The molecule has 208 valence electrons. The highest BCUT2D eigenvalue weighted by Gasteiger charge is 2.46. The van der Waals surface area contributed by atoms with Crippen LogP contribution in [0.1, 0.15) is 40.7 Å². The van der Waals surface area contributed by atoms with E-state index in [0.29, 0.717) is 5.57 Å². The van der Waals surface area contributed by atoms with Gasteiger partial charge in [0.05, 0.1) is 11.5 Å². The number of unbranched alkanes of at least 4 members (excludes halogenated alkanes) is 1. The average molecular weight is 556 g/mol. The molecule has 0 atom stereocenters. The zero-order valence-electron chi connectivity index (χ0n) is 23.9. The van der Waals surface area contributed by atoms with Crippen molar-refractivity contribution in [2.45, 2.75) is 18.3 Å². The van der Waals surface area contributed by atoms with Crippen LogP contribution in [0.15, 0.2) is 158 Å². The fourth-order valence-corrected chi connectivity index (χ4v) is 6.57. The molecule has 0 unspecified atom stereocenters. The predicted molar refractivity (Wildman–Crippen MR) is 179 cm³/mol. The minimum absolute atomic E-state index is 0.494. The molecule has 1 aliphatic rings. The van der Waals surface area contributed by atoms with Gasteiger partial charge in [-0.05, 0) is 86.5 Å². The van der Waals surface area contributed by atoms with Crippen LogP contribution in [0.25, 0.3) is 27.5 Å². The first-order valence-corrected chi connectivity index (χ1v) is 14.6. The lowest BCUT2D eigenvalue weighted by molar-refractivity contribution is 0.769. The molecule has 3 heteroatoms. The molecule has 4 N–H and O–H groups in total. The second-order valence-corrected chi connectivity index (χ2v) is 10.7. The minimum Gasteiger partial charge on any atom is -0.405 e. The first-order chi connectivity index (χ1) is 21.2. The van der Waals surface area contributed by atoms with E-state index in [1.165, 1.54) is 45.0 Å². The first kappa shape index (κ1) is 27.6. The molecular formula is C40H33N3. The van der Waals surface area contributed by atoms with Crippen LogP contribution < -0.4 is 11.5 Å². The van der Waals surface area contributed by atoms with E-state index in [-0.39, 0.29) is 0 Å². The van der Waals surface area contributed by atoms with E-state index in [0.717, 1.165) is 29.4 Å². The molecule has 0 saturated carbocycles. The Balaban J connectivity index is 1.58. The lowest BCUT2D eigenvalue weighted by Gasteiger charge is -2.34. The molecule has 0 saturated heterocycles. The van der Waals surface area contributed by atoms with Crippen molar-refractivity contribution in [1.82, 2.24) is 0 Å². The van der Waals surface area contributed by atoms with Crippen LogP contribution in [0.4, 0.5) is 0 Å². The van der Waals surface area contributed by atoms with Crippen molar-refractivity contribution in [1.29, 1.82) is 5.26 Å². The molecular weight excluding hydrogens is 522 g/mol. The van der Waals surface area contributed by atoms with Gasteiger partial charge in [-0.1, -0.05) is 127 Å². The second kappa shape index (κ2) is 12.1. The van der Waals surface area contributed by atoms with E-state index in [9.17, 15) is 5.26 Å². The maximum absolute atomic E-state index is 9.27. The Morgan fingerprint density at radius 3 is 1.98 bits per heavy atom. The molecule has 0 aromatic heterocycles. The van der Waals surface area contributed by atoms with Crippen LogP contribution in [0, 0.1) is 11.3 Å². The van der Waals surface area contributed by atoms with Gasteiger partial charge in [0.1, 0.15) is 0 Å². The lowest BCUT2D eigenvalue weighted by atomic mass is 9.67. The molecule has 0 spiro atoms. The number of allylic oxidation sites excluding steroid dienone is 6. The zero-order valence-corrected chi connectivity index (χ0v) is 23.9. The molecule has 43 heavy (non-hydrogen) atoms. The molecule has 0 aliphatic heterocycles. The molecule has 5 aromatic carbocycles. The van der Waals surface area contributed by atoms with Crippen molar-refractivity contribution in [3.05, 3.63) is 185 Å². The van der Waals surface area contributed by atoms with Gasteiger partial charge in [0.15, 0.2) is 0 Å². The number of hydrogen-bond donors (Lipinski definition) is 2. The molecule has 3 nitrogen and oxygen atoms in total. The van der Waals surface area contributed by atoms with Gasteiger partial charge in [0, 0.05) is 11.8 Å². The third kappa shape index (κ3) is 4.74. The Morgan fingerprint density at radius 1 is 0.698 bits per heavy atom. The van der Waals surface area contributed by atoms with Crippen LogP contribution in [0.5, 0.6) is 0 Å². The second-order valence-electron chi connectivity index (χ2n) is 10.7. The van der Waals surface area contributed by atoms with Gasteiger partial charge in [-0.3, -0.25) is 0 Å². The van der Waals surface area contributed by atoms with E-state index in [4.69, 9.17) is 11.5 Å². The van der Waals surface area contributed by atoms with Crippen molar-refractivity contribution in [3.8, 4) is 17.2 Å². The fraction of sp³-hybridized carbons (Fsp3) is 0.0750. The normalized spacial score (nSPS) is 14.2. The Kier molecular flexibility index (Phi) is 7.76. The SMILES string of the molecule is N#CC(/C=C\N)=C/CC/C=C\C(=C/N)c1cc2c(c3ccccc13)-c1ccccc1C2(c1ccccc1)c1ccccc1. The van der Waals surface area contributed by atoms with E-state index in [1.807, 2.05) is 6.08 Å². The van der Waals surface area contributed by atoms with E-state index in [1.54, 1.807) is 12.3 Å². The van der Waals surface area contributed by atoms with Gasteiger partial charge >= 0.3 is 0 Å². The van der Waals surface area contributed by atoms with Gasteiger partial charge in [0.2, 0.25) is 0 Å². The quantitative estimate of drug-likeness (QED) is 0.112. The summed E-state index contributed by atoms with van der Waals surface area (Å²) < 4.78 is 0. The number of fused-ring (bicyclic) bond motifs is 5. The number of nitrogens with two attached hydrogens (primary N) is 2.